The minimum absolute atomic E-state index is 0.196. The van der Waals surface area contributed by atoms with Crippen LogP contribution in [0.5, 0.6) is 0 Å². The Bertz CT molecular complexity index is 344. The largest absolute Gasteiger partial charge is 0.392 e. The molecule has 1 rings (SSSR count). The van der Waals surface area contributed by atoms with Crippen LogP contribution in [0, 0.1) is 6.92 Å². The molecular weight excluding hydrogens is 194 g/mol. The third-order valence-corrected chi connectivity index (χ3v) is 1.99. The molecule has 0 aliphatic carbocycles. The standard InChI is InChI=1S/C10H17N3O2/c1-4-13-9(5-7(2)12-13)10(15)11-6-8(3)14/h5,8,14H,4,6H2,1-3H3,(H,11,15)/t8-/m0/s1. The first-order chi connectivity index (χ1) is 7.04. The molecule has 0 aromatic carbocycles. The molecule has 5 heteroatoms. The molecule has 1 heterocycles. The smallest absolute Gasteiger partial charge is 0.269 e. The molecule has 0 fully saturated rings. The van der Waals surface area contributed by atoms with Crippen molar-refractivity contribution in [2.45, 2.75) is 33.4 Å². The molecule has 0 spiro atoms. The second-order valence-corrected chi connectivity index (χ2v) is 3.55. The number of rotatable bonds is 4. The Labute approximate surface area is 89.1 Å². The average Bonchev–Trinajstić information content (AvgIpc) is 2.56. The molecule has 2 N–H and O–H groups in total. The fraction of sp³-hybridized carbons (Fsp3) is 0.600. The van der Waals surface area contributed by atoms with Crippen LogP contribution in [-0.2, 0) is 6.54 Å². The van der Waals surface area contributed by atoms with Crippen LogP contribution in [0.25, 0.3) is 0 Å². The van der Waals surface area contributed by atoms with Crippen molar-refractivity contribution < 1.29 is 9.90 Å². The molecule has 1 aromatic heterocycles. The van der Waals surface area contributed by atoms with E-state index >= 15 is 0 Å². The number of nitrogens with zero attached hydrogens (tertiary/aromatic N) is 2. The van der Waals surface area contributed by atoms with Gasteiger partial charge in [0.2, 0.25) is 0 Å². The van der Waals surface area contributed by atoms with Gasteiger partial charge >= 0.3 is 0 Å². The number of aliphatic hydroxyl groups excluding tert-OH is 1. The summed E-state index contributed by atoms with van der Waals surface area (Å²) in [6.07, 6.45) is -0.534. The Kier molecular flexibility index (Phi) is 3.85. The van der Waals surface area contributed by atoms with Gasteiger partial charge in [0.15, 0.2) is 0 Å². The number of aliphatic hydroxyl groups is 1. The zero-order valence-corrected chi connectivity index (χ0v) is 9.32. The van der Waals surface area contributed by atoms with E-state index in [9.17, 15) is 4.79 Å². The van der Waals surface area contributed by atoms with Crippen LogP contribution >= 0.6 is 0 Å². The predicted molar refractivity (Wildman–Crippen MR) is 56.7 cm³/mol. The molecular formula is C10H17N3O2. The fourth-order valence-corrected chi connectivity index (χ4v) is 1.30. The van der Waals surface area contributed by atoms with Crippen molar-refractivity contribution in [3.8, 4) is 0 Å². The van der Waals surface area contributed by atoms with Gasteiger partial charge in [0.05, 0.1) is 11.8 Å². The molecule has 0 aliphatic rings. The molecule has 15 heavy (non-hydrogen) atoms. The topological polar surface area (TPSA) is 67.2 Å². The highest BCUT2D eigenvalue weighted by atomic mass is 16.3. The summed E-state index contributed by atoms with van der Waals surface area (Å²) in [5.41, 5.74) is 1.36. The van der Waals surface area contributed by atoms with Crippen LogP contribution in [0.15, 0.2) is 6.07 Å². The minimum Gasteiger partial charge on any atom is -0.392 e. The van der Waals surface area contributed by atoms with E-state index in [4.69, 9.17) is 5.11 Å². The number of carbonyl (C=O) groups excluding carboxylic acids is 1. The van der Waals surface area contributed by atoms with Crippen molar-refractivity contribution in [3.05, 3.63) is 17.5 Å². The molecule has 1 aromatic rings. The number of amides is 1. The summed E-state index contributed by atoms with van der Waals surface area (Å²) in [6, 6.07) is 1.74. The first-order valence-electron chi connectivity index (χ1n) is 5.05. The molecule has 0 radical (unpaired) electrons. The van der Waals surface area contributed by atoms with Crippen LogP contribution in [0.4, 0.5) is 0 Å². The lowest BCUT2D eigenvalue weighted by molar-refractivity contribution is 0.0913. The summed E-state index contributed by atoms with van der Waals surface area (Å²) in [4.78, 5) is 11.7. The van der Waals surface area contributed by atoms with Crippen LogP contribution < -0.4 is 5.32 Å². The van der Waals surface area contributed by atoms with Gasteiger partial charge < -0.3 is 10.4 Å². The van der Waals surface area contributed by atoms with Crippen molar-refractivity contribution in [2.24, 2.45) is 0 Å². The molecule has 0 saturated heterocycles. The van der Waals surface area contributed by atoms with Crippen LogP contribution in [0.2, 0.25) is 0 Å². The van der Waals surface area contributed by atoms with Gasteiger partial charge in [0, 0.05) is 13.1 Å². The summed E-state index contributed by atoms with van der Waals surface area (Å²) in [5.74, 6) is -0.196. The number of nitrogens with one attached hydrogen (secondary N) is 1. The monoisotopic (exact) mass is 211 g/mol. The number of hydrogen-bond donors (Lipinski definition) is 2. The highest BCUT2D eigenvalue weighted by Gasteiger charge is 2.12. The summed E-state index contributed by atoms with van der Waals surface area (Å²) >= 11 is 0. The molecule has 0 saturated carbocycles. The summed E-state index contributed by atoms with van der Waals surface area (Å²) in [5, 5.41) is 15.9. The first-order valence-corrected chi connectivity index (χ1v) is 5.05. The quantitative estimate of drug-likeness (QED) is 0.753. The van der Waals surface area contributed by atoms with Gasteiger partial charge in [0.25, 0.3) is 5.91 Å². The van der Waals surface area contributed by atoms with E-state index < -0.39 is 6.10 Å². The third-order valence-electron chi connectivity index (χ3n) is 1.99. The van der Waals surface area contributed by atoms with E-state index in [0.29, 0.717) is 12.2 Å². The lowest BCUT2D eigenvalue weighted by Gasteiger charge is -2.07. The predicted octanol–water partition coefficient (Wildman–Crippen LogP) is 0.322. The molecule has 1 atom stereocenters. The lowest BCUT2D eigenvalue weighted by Crippen LogP contribution is -2.32. The Morgan fingerprint density at radius 1 is 1.73 bits per heavy atom. The van der Waals surface area contributed by atoms with Crippen LogP contribution in [-0.4, -0.2) is 33.4 Å². The van der Waals surface area contributed by atoms with Gasteiger partial charge in [-0.05, 0) is 26.8 Å². The van der Waals surface area contributed by atoms with Gasteiger partial charge in [-0.25, -0.2) is 0 Å². The molecule has 0 aliphatic heterocycles. The van der Waals surface area contributed by atoms with Crippen molar-refractivity contribution in [1.82, 2.24) is 15.1 Å². The number of carbonyl (C=O) groups is 1. The summed E-state index contributed by atoms with van der Waals surface area (Å²) in [7, 11) is 0. The van der Waals surface area contributed by atoms with Gasteiger partial charge in [-0.15, -0.1) is 0 Å². The van der Waals surface area contributed by atoms with E-state index in [2.05, 4.69) is 10.4 Å². The van der Waals surface area contributed by atoms with Crippen molar-refractivity contribution in [1.29, 1.82) is 0 Å². The normalized spacial score (nSPS) is 12.5. The van der Waals surface area contributed by atoms with Gasteiger partial charge in [-0.2, -0.15) is 5.10 Å². The van der Waals surface area contributed by atoms with Crippen LogP contribution in [0.3, 0.4) is 0 Å². The van der Waals surface area contributed by atoms with Gasteiger partial charge in [-0.1, -0.05) is 0 Å². The number of hydrogen-bond acceptors (Lipinski definition) is 3. The molecule has 84 valence electrons. The van der Waals surface area contributed by atoms with E-state index in [0.717, 1.165) is 5.69 Å². The maximum atomic E-state index is 11.7. The lowest BCUT2D eigenvalue weighted by atomic mass is 10.3. The second kappa shape index (κ2) is 4.93. The maximum Gasteiger partial charge on any atom is 0.269 e. The van der Waals surface area contributed by atoms with E-state index in [1.54, 1.807) is 17.7 Å². The van der Waals surface area contributed by atoms with Gasteiger partial charge in [0.1, 0.15) is 5.69 Å². The average molecular weight is 211 g/mol. The van der Waals surface area contributed by atoms with E-state index in [1.165, 1.54) is 0 Å². The van der Waals surface area contributed by atoms with E-state index in [1.807, 2.05) is 13.8 Å². The Morgan fingerprint density at radius 2 is 2.40 bits per heavy atom. The molecule has 5 nitrogen and oxygen atoms in total. The highest BCUT2D eigenvalue weighted by Crippen LogP contribution is 2.03. The summed E-state index contributed by atoms with van der Waals surface area (Å²) in [6.45, 7) is 6.32. The molecule has 1 amide bonds. The fourth-order valence-electron chi connectivity index (χ4n) is 1.30. The molecule has 0 bridgehead atoms. The van der Waals surface area contributed by atoms with Gasteiger partial charge in [-0.3, -0.25) is 9.48 Å². The Morgan fingerprint density at radius 3 is 2.93 bits per heavy atom. The highest BCUT2D eigenvalue weighted by molar-refractivity contribution is 5.92. The molecule has 0 unspecified atom stereocenters. The minimum atomic E-state index is -0.534. The third kappa shape index (κ3) is 3.06. The van der Waals surface area contributed by atoms with Crippen LogP contribution in [0.1, 0.15) is 30.0 Å². The zero-order chi connectivity index (χ0) is 11.4. The maximum absolute atomic E-state index is 11.7. The number of aryl methyl sites for hydroxylation is 2. The summed E-state index contributed by atoms with van der Waals surface area (Å²) < 4.78 is 1.65. The number of aromatic nitrogens is 2. The second-order valence-electron chi connectivity index (χ2n) is 3.55. The van der Waals surface area contributed by atoms with E-state index in [-0.39, 0.29) is 12.5 Å². The SMILES string of the molecule is CCn1nc(C)cc1C(=O)NC[C@H](C)O. The van der Waals surface area contributed by atoms with Crippen molar-refractivity contribution in [2.75, 3.05) is 6.54 Å². The van der Waals surface area contributed by atoms with Crippen molar-refractivity contribution in [3.63, 3.8) is 0 Å². The van der Waals surface area contributed by atoms with Crippen molar-refractivity contribution >= 4 is 5.91 Å². The Balaban J connectivity index is 2.72. The zero-order valence-electron chi connectivity index (χ0n) is 9.32. The Hall–Kier alpha value is -1.36. The first kappa shape index (κ1) is 11.7.